The van der Waals surface area contributed by atoms with Crippen LogP contribution in [-0.4, -0.2) is 33.9 Å². The molecule has 4 nitrogen and oxygen atoms in total. The molecule has 0 saturated carbocycles. The summed E-state index contributed by atoms with van der Waals surface area (Å²) in [5, 5.41) is 0. The van der Waals surface area contributed by atoms with Crippen LogP contribution in [0.25, 0.3) is 0 Å². The number of amides is 1. The molecule has 0 aliphatic heterocycles. The van der Waals surface area contributed by atoms with Crippen molar-refractivity contribution >= 4 is 5.91 Å². The number of hydrogen-bond acceptors (Lipinski definition) is 2. The van der Waals surface area contributed by atoms with Crippen molar-refractivity contribution < 1.29 is 4.79 Å². The smallest absolute Gasteiger partial charge is 0.226 e. The fourth-order valence-corrected chi connectivity index (χ4v) is 3.12. The summed E-state index contributed by atoms with van der Waals surface area (Å²) in [7, 11) is 0. The molecule has 1 aliphatic rings. The number of aryl methyl sites for hydroxylation is 2. The van der Waals surface area contributed by atoms with Gasteiger partial charge >= 0.3 is 0 Å². The molecule has 2 rings (SSSR count). The van der Waals surface area contributed by atoms with Gasteiger partial charge < -0.3 is 9.88 Å². The topological polar surface area (TPSA) is 49.0 Å². The molecule has 0 saturated heterocycles. The maximum atomic E-state index is 12.8. The van der Waals surface area contributed by atoms with Crippen molar-refractivity contribution in [3.63, 3.8) is 0 Å². The van der Waals surface area contributed by atoms with E-state index in [1.165, 1.54) is 11.4 Å². The molecule has 1 aliphatic carbocycles. The zero-order chi connectivity index (χ0) is 15.2. The second kappa shape index (κ2) is 7.62. The number of carbonyl (C=O) groups excluding carboxylic acids is 1. The van der Waals surface area contributed by atoms with Crippen molar-refractivity contribution in [2.45, 2.75) is 65.7 Å². The first kappa shape index (κ1) is 16.1. The average Bonchev–Trinajstić information content (AvgIpc) is 2.85. The van der Waals surface area contributed by atoms with Gasteiger partial charge in [-0.1, -0.05) is 26.7 Å². The number of aromatic amines is 1. The Kier molecular flexibility index (Phi) is 5.83. The van der Waals surface area contributed by atoms with Crippen LogP contribution < -0.4 is 0 Å². The molecule has 0 unspecified atom stereocenters. The molecule has 118 valence electrons. The second-order valence-electron chi connectivity index (χ2n) is 6.22. The van der Waals surface area contributed by atoms with E-state index in [1.54, 1.807) is 0 Å². The third-order valence-electron chi connectivity index (χ3n) is 4.39. The summed E-state index contributed by atoms with van der Waals surface area (Å²) in [6, 6.07) is 0. The minimum atomic E-state index is 0.145. The molecular weight excluding hydrogens is 262 g/mol. The third kappa shape index (κ3) is 4.08. The lowest BCUT2D eigenvalue weighted by atomic mass is 9.88. The summed E-state index contributed by atoms with van der Waals surface area (Å²) in [6.07, 6.45) is 7.22. The Bertz CT molecular complexity index is 459. The van der Waals surface area contributed by atoms with E-state index in [0.717, 1.165) is 63.9 Å². The van der Waals surface area contributed by atoms with Crippen molar-refractivity contribution in [1.82, 2.24) is 14.9 Å². The Morgan fingerprint density at radius 3 is 2.57 bits per heavy atom. The predicted octanol–water partition coefficient (Wildman–Crippen LogP) is 3.25. The molecule has 4 heteroatoms. The standard InChI is InChI=1S/C17H29N3O/c1-4-6-10-20(11-7-5-2)17(21)14-8-9-15-16(12-14)19-13(3)18-15/h14H,4-12H2,1-3H3,(H,18,19)/t14-/m0/s1. The van der Waals surface area contributed by atoms with Crippen LogP contribution in [0.4, 0.5) is 0 Å². The third-order valence-corrected chi connectivity index (χ3v) is 4.39. The molecule has 0 spiro atoms. The molecule has 0 radical (unpaired) electrons. The number of H-pyrrole nitrogens is 1. The van der Waals surface area contributed by atoms with Gasteiger partial charge in [0.25, 0.3) is 0 Å². The van der Waals surface area contributed by atoms with Crippen LogP contribution in [-0.2, 0) is 17.6 Å². The number of rotatable bonds is 7. The minimum absolute atomic E-state index is 0.145. The number of hydrogen-bond donors (Lipinski definition) is 1. The van der Waals surface area contributed by atoms with Crippen LogP contribution in [0.15, 0.2) is 0 Å². The molecule has 1 aromatic heterocycles. The Morgan fingerprint density at radius 2 is 1.95 bits per heavy atom. The molecule has 21 heavy (non-hydrogen) atoms. The van der Waals surface area contributed by atoms with Gasteiger partial charge in [-0.25, -0.2) is 4.98 Å². The number of nitrogens with one attached hydrogen (secondary N) is 1. The van der Waals surface area contributed by atoms with E-state index >= 15 is 0 Å². The van der Waals surface area contributed by atoms with E-state index in [0.29, 0.717) is 5.91 Å². The van der Waals surface area contributed by atoms with Gasteiger partial charge in [0, 0.05) is 31.1 Å². The molecular formula is C17H29N3O. The van der Waals surface area contributed by atoms with E-state index < -0.39 is 0 Å². The maximum absolute atomic E-state index is 12.8. The lowest BCUT2D eigenvalue weighted by Crippen LogP contribution is -2.39. The van der Waals surface area contributed by atoms with Gasteiger partial charge in [0.2, 0.25) is 5.91 Å². The van der Waals surface area contributed by atoms with E-state index in [1.807, 2.05) is 6.92 Å². The Balaban J connectivity index is 1.99. The number of nitrogens with zero attached hydrogens (tertiary/aromatic N) is 2. The maximum Gasteiger partial charge on any atom is 0.226 e. The van der Waals surface area contributed by atoms with Crippen molar-refractivity contribution in [2.24, 2.45) is 5.92 Å². The van der Waals surface area contributed by atoms with Crippen LogP contribution in [0.2, 0.25) is 0 Å². The fraction of sp³-hybridized carbons (Fsp3) is 0.765. The van der Waals surface area contributed by atoms with Gasteiger partial charge in [-0.15, -0.1) is 0 Å². The summed E-state index contributed by atoms with van der Waals surface area (Å²) < 4.78 is 0. The van der Waals surface area contributed by atoms with Crippen molar-refractivity contribution in [2.75, 3.05) is 13.1 Å². The number of aromatic nitrogens is 2. The highest BCUT2D eigenvalue weighted by molar-refractivity contribution is 5.79. The van der Waals surface area contributed by atoms with E-state index in [-0.39, 0.29) is 5.92 Å². The summed E-state index contributed by atoms with van der Waals surface area (Å²) in [6.45, 7) is 8.19. The molecule has 1 amide bonds. The van der Waals surface area contributed by atoms with Gasteiger partial charge in [0.1, 0.15) is 5.82 Å². The van der Waals surface area contributed by atoms with Crippen LogP contribution in [0, 0.1) is 12.8 Å². The second-order valence-corrected chi connectivity index (χ2v) is 6.22. The first-order valence-corrected chi connectivity index (χ1v) is 8.48. The molecule has 1 aromatic rings. The summed E-state index contributed by atoms with van der Waals surface area (Å²) in [5.74, 6) is 1.47. The summed E-state index contributed by atoms with van der Waals surface area (Å²) in [5.41, 5.74) is 2.35. The lowest BCUT2D eigenvalue weighted by molar-refractivity contribution is -0.136. The van der Waals surface area contributed by atoms with Gasteiger partial charge in [-0.05, 0) is 32.6 Å². The Hall–Kier alpha value is -1.32. The number of imidazole rings is 1. The van der Waals surface area contributed by atoms with E-state index in [2.05, 4.69) is 28.7 Å². The van der Waals surface area contributed by atoms with Crippen LogP contribution in [0.3, 0.4) is 0 Å². The van der Waals surface area contributed by atoms with Crippen LogP contribution >= 0.6 is 0 Å². The fourth-order valence-electron chi connectivity index (χ4n) is 3.12. The molecule has 0 aromatic carbocycles. The molecule has 1 heterocycles. The zero-order valence-corrected chi connectivity index (χ0v) is 13.7. The number of carbonyl (C=O) groups is 1. The SMILES string of the molecule is CCCCN(CCCC)C(=O)[C@H]1CCc2nc(C)[nH]c2C1. The molecule has 0 bridgehead atoms. The highest BCUT2D eigenvalue weighted by Gasteiger charge is 2.29. The van der Waals surface area contributed by atoms with Crippen molar-refractivity contribution in [3.8, 4) is 0 Å². The number of unbranched alkanes of at least 4 members (excludes halogenated alkanes) is 2. The Morgan fingerprint density at radius 1 is 1.29 bits per heavy atom. The average molecular weight is 291 g/mol. The van der Waals surface area contributed by atoms with Gasteiger partial charge in [0.15, 0.2) is 0 Å². The van der Waals surface area contributed by atoms with Crippen molar-refractivity contribution in [1.29, 1.82) is 0 Å². The Labute approximate surface area is 128 Å². The van der Waals surface area contributed by atoms with E-state index in [9.17, 15) is 4.79 Å². The van der Waals surface area contributed by atoms with E-state index in [4.69, 9.17) is 0 Å². The molecule has 1 atom stereocenters. The highest BCUT2D eigenvalue weighted by atomic mass is 16.2. The first-order valence-electron chi connectivity index (χ1n) is 8.48. The normalized spacial score (nSPS) is 17.6. The molecule has 0 fully saturated rings. The summed E-state index contributed by atoms with van der Waals surface area (Å²) >= 11 is 0. The number of fused-ring (bicyclic) bond motifs is 1. The predicted molar refractivity (Wildman–Crippen MR) is 85.2 cm³/mol. The zero-order valence-electron chi connectivity index (χ0n) is 13.7. The monoisotopic (exact) mass is 291 g/mol. The lowest BCUT2D eigenvalue weighted by Gasteiger charge is -2.29. The van der Waals surface area contributed by atoms with Gasteiger partial charge in [-0.3, -0.25) is 4.79 Å². The largest absolute Gasteiger partial charge is 0.346 e. The minimum Gasteiger partial charge on any atom is -0.346 e. The highest BCUT2D eigenvalue weighted by Crippen LogP contribution is 2.25. The summed E-state index contributed by atoms with van der Waals surface area (Å²) in [4.78, 5) is 22.8. The van der Waals surface area contributed by atoms with Crippen molar-refractivity contribution in [3.05, 3.63) is 17.2 Å². The first-order chi connectivity index (χ1) is 10.2. The quantitative estimate of drug-likeness (QED) is 0.838. The van der Waals surface area contributed by atoms with Crippen LogP contribution in [0.5, 0.6) is 0 Å². The van der Waals surface area contributed by atoms with Crippen LogP contribution in [0.1, 0.15) is 63.2 Å². The molecule has 1 N–H and O–H groups in total. The van der Waals surface area contributed by atoms with Gasteiger partial charge in [0.05, 0.1) is 5.69 Å². The van der Waals surface area contributed by atoms with Gasteiger partial charge in [-0.2, -0.15) is 0 Å².